The molecule has 1 unspecified atom stereocenters. The van der Waals surface area contributed by atoms with Gasteiger partial charge < -0.3 is 10.6 Å². The van der Waals surface area contributed by atoms with Crippen LogP contribution in [0.25, 0.3) is 0 Å². The van der Waals surface area contributed by atoms with Gasteiger partial charge in [0.2, 0.25) is 5.91 Å². The number of likely N-dealkylation sites (tertiary alicyclic amines) is 1. The molecule has 0 spiro atoms. The zero-order valence-electron chi connectivity index (χ0n) is 10.1. The molecule has 5 heteroatoms. The van der Waals surface area contributed by atoms with Crippen molar-refractivity contribution < 1.29 is 9.18 Å². The Labute approximate surface area is 113 Å². The average molecular weight is 273 g/mol. The number of hydrogen-bond donors (Lipinski definition) is 1. The number of benzene rings is 1. The molecule has 1 aromatic carbocycles. The van der Waals surface area contributed by atoms with Crippen LogP contribution in [0.15, 0.2) is 24.3 Å². The fraction of sp³-hybridized carbons (Fsp3) is 0.462. The van der Waals surface area contributed by atoms with E-state index < -0.39 is 0 Å². The van der Waals surface area contributed by atoms with Crippen LogP contribution >= 0.6 is 12.4 Å². The number of nitrogens with zero attached hydrogens (tertiary/aromatic N) is 1. The van der Waals surface area contributed by atoms with Crippen LogP contribution in [-0.2, 0) is 4.79 Å². The number of amides is 1. The lowest BCUT2D eigenvalue weighted by Gasteiger charge is -2.25. The van der Waals surface area contributed by atoms with Gasteiger partial charge in [-0.3, -0.25) is 4.79 Å². The minimum atomic E-state index is -0.249. The third-order valence-corrected chi connectivity index (χ3v) is 3.16. The Kier molecular flexibility index (Phi) is 5.56. The van der Waals surface area contributed by atoms with E-state index in [4.69, 9.17) is 5.73 Å². The van der Waals surface area contributed by atoms with Gasteiger partial charge in [-0.1, -0.05) is 12.1 Å². The highest BCUT2D eigenvalue weighted by Gasteiger charge is 2.29. The van der Waals surface area contributed by atoms with E-state index in [9.17, 15) is 9.18 Å². The smallest absolute Gasteiger partial charge is 0.224 e. The van der Waals surface area contributed by atoms with Gasteiger partial charge >= 0.3 is 0 Å². The van der Waals surface area contributed by atoms with Crippen molar-refractivity contribution in [2.24, 2.45) is 5.73 Å². The highest BCUT2D eigenvalue weighted by atomic mass is 35.5. The molecule has 100 valence electrons. The molecule has 1 aliphatic heterocycles. The largest absolute Gasteiger partial charge is 0.336 e. The molecule has 0 bridgehead atoms. The number of rotatable bonds is 3. The maximum Gasteiger partial charge on any atom is 0.224 e. The minimum absolute atomic E-state index is 0. The lowest BCUT2D eigenvalue weighted by atomic mass is 10.0. The highest BCUT2D eigenvalue weighted by Crippen LogP contribution is 2.32. The molecule has 1 atom stereocenters. The molecule has 0 aliphatic carbocycles. The summed E-state index contributed by atoms with van der Waals surface area (Å²) in [5, 5.41) is 0. The predicted octanol–water partition coefficient (Wildman–Crippen LogP) is 2.26. The first-order chi connectivity index (χ1) is 8.22. The summed E-state index contributed by atoms with van der Waals surface area (Å²) in [5.41, 5.74) is 6.28. The van der Waals surface area contributed by atoms with Gasteiger partial charge in [-0.05, 0) is 30.5 Å². The number of hydrogen-bond acceptors (Lipinski definition) is 2. The van der Waals surface area contributed by atoms with Crippen molar-refractivity contribution in [3.8, 4) is 0 Å². The van der Waals surface area contributed by atoms with Gasteiger partial charge in [0.05, 0.1) is 6.04 Å². The van der Waals surface area contributed by atoms with Crippen LogP contribution in [0.4, 0.5) is 4.39 Å². The molecule has 1 aromatic rings. The molecule has 0 aromatic heterocycles. The molecule has 2 rings (SSSR count). The summed E-state index contributed by atoms with van der Waals surface area (Å²) in [6.07, 6.45) is 2.24. The second-order valence-corrected chi connectivity index (χ2v) is 4.34. The Morgan fingerprint density at radius 2 is 2.28 bits per heavy atom. The predicted molar refractivity (Wildman–Crippen MR) is 71.0 cm³/mol. The zero-order chi connectivity index (χ0) is 12.3. The Morgan fingerprint density at radius 3 is 2.94 bits per heavy atom. The maximum absolute atomic E-state index is 13.2. The maximum atomic E-state index is 13.2. The van der Waals surface area contributed by atoms with E-state index in [-0.39, 0.29) is 30.2 Å². The van der Waals surface area contributed by atoms with Crippen molar-refractivity contribution in [1.29, 1.82) is 0 Å². The zero-order valence-corrected chi connectivity index (χ0v) is 11.0. The normalized spacial score (nSPS) is 18.6. The summed E-state index contributed by atoms with van der Waals surface area (Å²) >= 11 is 0. The monoisotopic (exact) mass is 272 g/mol. The van der Waals surface area contributed by atoms with Crippen LogP contribution in [0.3, 0.4) is 0 Å². The van der Waals surface area contributed by atoms with E-state index in [1.807, 2.05) is 11.0 Å². The lowest BCUT2D eigenvalue weighted by molar-refractivity contribution is -0.131. The van der Waals surface area contributed by atoms with Crippen LogP contribution in [0, 0.1) is 5.82 Å². The molecule has 1 aliphatic rings. The number of carbonyl (C=O) groups excluding carboxylic acids is 1. The Bertz CT molecular complexity index is 414. The summed E-state index contributed by atoms with van der Waals surface area (Å²) in [6.45, 7) is 1.12. The second-order valence-electron chi connectivity index (χ2n) is 4.34. The van der Waals surface area contributed by atoms with Gasteiger partial charge in [0, 0.05) is 19.5 Å². The first-order valence-corrected chi connectivity index (χ1v) is 5.97. The van der Waals surface area contributed by atoms with Crippen LogP contribution in [0.2, 0.25) is 0 Å². The summed E-state index contributed by atoms with van der Waals surface area (Å²) in [7, 11) is 0. The van der Waals surface area contributed by atoms with E-state index in [1.165, 1.54) is 12.1 Å². The van der Waals surface area contributed by atoms with Gasteiger partial charge in [-0.2, -0.15) is 0 Å². The molecule has 1 amide bonds. The molecule has 0 saturated carbocycles. The highest BCUT2D eigenvalue weighted by molar-refractivity contribution is 5.85. The average Bonchev–Trinajstić information content (AvgIpc) is 2.78. The Hall–Kier alpha value is -1.13. The van der Waals surface area contributed by atoms with Crippen LogP contribution < -0.4 is 5.73 Å². The Balaban J connectivity index is 0.00000162. The Morgan fingerprint density at radius 1 is 1.50 bits per heavy atom. The molecule has 1 fully saturated rings. The molecular formula is C13H18ClFN2O. The van der Waals surface area contributed by atoms with E-state index in [1.54, 1.807) is 6.07 Å². The fourth-order valence-electron chi connectivity index (χ4n) is 2.39. The third kappa shape index (κ3) is 3.21. The van der Waals surface area contributed by atoms with Crippen molar-refractivity contribution in [3.05, 3.63) is 35.6 Å². The van der Waals surface area contributed by atoms with E-state index in [2.05, 4.69) is 0 Å². The number of carbonyl (C=O) groups is 1. The molecule has 0 radical (unpaired) electrons. The number of nitrogens with two attached hydrogens (primary N) is 1. The number of halogens is 2. The molecule has 18 heavy (non-hydrogen) atoms. The first-order valence-electron chi connectivity index (χ1n) is 5.97. The van der Waals surface area contributed by atoms with Gasteiger partial charge in [0.15, 0.2) is 0 Å². The van der Waals surface area contributed by atoms with Crippen molar-refractivity contribution >= 4 is 18.3 Å². The fourth-order valence-corrected chi connectivity index (χ4v) is 2.39. The van der Waals surface area contributed by atoms with E-state index in [0.29, 0.717) is 13.0 Å². The molecule has 3 nitrogen and oxygen atoms in total. The molecule has 1 saturated heterocycles. The van der Waals surface area contributed by atoms with Crippen LogP contribution in [-0.4, -0.2) is 23.9 Å². The van der Waals surface area contributed by atoms with Crippen molar-refractivity contribution in [2.75, 3.05) is 13.1 Å². The lowest BCUT2D eigenvalue weighted by Crippen LogP contribution is -2.31. The summed E-state index contributed by atoms with van der Waals surface area (Å²) in [5.74, 6) is -0.181. The first kappa shape index (κ1) is 14.9. The van der Waals surface area contributed by atoms with Gasteiger partial charge in [-0.15, -0.1) is 12.4 Å². The minimum Gasteiger partial charge on any atom is -0.336 e. The van der Waals surface area contributed by atoms with Crippen LogP contribution in [0.5, 0.6) is 0 Å². The SMILES string of the molecule is Cl.NCCC(=O)N1CCCC1c1cccc(F)c1. The molecule has 2 N–H and O–H groups in total. The summed E-state index contributed by atoms with van der Waals surface area (Å²) in [6, 6.07) is 6.52. The standard InChI is InChI=1S/C13H17FN2O.ClH/c14-11-4-1-3-10(9-11)12-5-2-8-16(12)13(17)6-7-15;/h1,3-4,9,12H,2,5-8,15H2;1H. The second kappa shape index (κ2) is 6.71. The van der Waals surface area contributed by atoms with Crippen molar-refractivity contribution in [3.63, 3.8) is 0 Å². The summed E-state index contributed by atoms with van der Waals surface area (Å²) < 4.78 is 13.2. The van der Waals surface area contributed by atoms with Crippen LogP contribution in [0.1, 0.15) is 30.9 Å². The van der Waals surface area contributed by atoms with Crippen molar-refractivity contribution in [1.82, 2.24) is 4.90 Å². The van der Waals surface area contributed by atoms with Gasteiger partial charge in [0.1, 0.15) is 5.82 Å². The van der Waals surface area contributed by atoms with Gasteiger partial charge in [0.25, 0.3) is 0 Å². The quantitative estimate of drug-likeness (QED) is 0.917. The van der Waals surface area contributed by atoms with E-state index in [0.717, 1.165) is 24.9 Å². The third-order valence-electron chi connectivity index (χ3n) is 3.16. The van der Waals surface area contributed by atoms with Gasteiger partial charge in [-0.25, -0.2) is 4.39 Å². The molecule has 1 heterocycles. The van der Waals surface area contributed by atoms with E-state index >= 15 is 0 Å². The summed E-state index contributed by atoms with van der Waals surface area (Å²) in [4.78, 5) is 13.7. The molecular weight excluding hydrogens is 255 g/mol. The topological polar surface area (TPSA) is 46.3 Å². The van der Waals surface area contributed by atoms with Crippen molar-refractivity contribution in [2.45, 2.75) is 25.3 Å².